The van der Waals surface area contributed by atoms with Crippen LogP contribution in [-0.2, 0) is 4.79 Å². The zero-order valence-electron chi connectivity index (χ0n) is 16.3. The van der Waals surface area contributed by atoms with Crippen LogP contribution in [-0.4, -0.2) is 36.0 Å². The molecule has 0 fully saturated rings. The Morgan fingerprint density at radius 1 is 1.07 bits per heavy atom. The lowest BCUT2D eigenvalue weighted by atomic mass is 10.2. The van der Waals surface area contributed by atoms with Crippen LogP contribution in [0, 0.1) is 11.6 Å². The highest BCUT2D eigenvalue weighted by atomic mass is 19.1. The van der Waals surface area contributed by atoms with Gasteiger partial charge in [-0.05, 0) is 48.0 Å². The maximum Gasteiger partial charge on any atom is 0.246 e. The molecule has 0 unspecified atom stereocenters. The molecule has 0 spiro atoms. The smallest absolute Gasteiger partial charge is 0.246 e. The summed E-state index contributed by atoms with van der Waals surface area (Å²) in [5, 5.41) is 0. The number of benzene rings is 2. The predicted octanol–water partition coefficient (Wildman–Crippen LogP) is 4.70. The van der Waals surface area contributed by atoms with Gasteiger partial charge in [0.15, 0.2) is 23.1 Å². The van der Waals surface area contributed by atoms with Gasteiger partial charge in [-0.2, -0.15) is 0 Å². The number of hydrogen-bond acceptors (Lipinski definition) is 4. The lowest BCUT2D eigenvalue weighted by molar-refractivity contribution is -0.125. The molecule has 3 rings (SSSR count). The number of aromatic nitrogens is 1. The molecule has 0 N–H and O–H groups in total. The van der Waals surface area contributed by atoms with Crippen LogP contribution in [0.3, 0.4) is 0 Å². The van der Waals surface area contributed by atoms with Gasteiger partial charge in [0, 0.05) is 19.3 Å². The molecule has 0 aliphatic carbocycles. The van der Waals surface area contributed by atoms with E-state index in [2.05, 4.69) is 4.98 Å². The lowest BCUT2D eigenvalue weighted by Crippen LogP contribution is -2.29. The zero-order chi connectivity index (χ0) is 21.3. The van der Waals surface area contributed by atoms with Gasteiger partial charge in [-0.3, -0.25) is 9.78 Å². The Hall–Kier alpha value is -3.74. The molecular weight excluding hydrogens is 390 g/mol. The second-order valence-electron chi connectivity index (χ2n) is 6.35. The van der Waals surface area contributed by atoms with E-state index in [9.17, 15) is 13.6 Å². The van der Waals surface area contributed by atoms with Crippen LogP contribution >= 0.6 is 0 Å². The Labute approximate surface area is 173 Å². The van der Waals surface area contributed by atoms with Gasteiger partial charge in [0.1, 0.15) is 12.4 Å². The molecule has 0 saturated carbocycles. The van der Waals surface area contributed by atoms with E-state index in [0.717, 1.165) is 0 Å². The molecule has 2 aromatic carbocycles. The van der Waals surface area contributed by atoms with Gasteiger partial charge in [0.2, 0.25) is 5.91 Å². The summed E-state index contributed by atoms with van der Waals surface area (Å²) < 4.78 is 38.5. The van der Waals surface area contributed by atoms with E-state index < -0.39 is 11.6 Å². The Morgan fingerprint density at radius 3 is 2.63 bits per heavy atom. The third-order valence-corrected chi connectivity index (χ3v) is 4.13. The molecule has 0 radical (unpaired) electrons. The molecule has 0 atom stereocenters. The summed E-state index contributed by atoms with van der Waals surface area (Å²) in [5.41, 5.74) is 0.510. The number of para-hydroxylation sites is 1. The summed E-state index contributed by atoms with van der Waals surface area (Å²) in [5.74, 6) is -0.673. The maximum atomic E-state index is 14.3. The topological polar surface area (TPSA) is 51.7 Å². The molecule has 5 nitrogen and oxygen atoms in total. The fourth-order valence-corrected chi connectivity index (χ4v) is 2.50. The van der Waals surface area contributed by atoms with Crippen LogP contribution in [0.25, 0.3) is 6.08 Å². The third kappa shape index (κ3) is 5.88. The Kier molecular flexibility index (Phi) is 7.10. The lowest BCUT2D eigenvalue weighted by Gasteiger charge is -2.15. The maximum absolute atomic E-state index is 14.3. The first-order valence-corrected chi connectivity index (χ1v) is 9.21. The van der Waals surface area contributed by atoms with Crippen LogP contribution in [0.2, 0.25) is 0 Å². The van der Waals surface area contributed by atoms with Crippen molar-refractivity contribution >= 4 is 12.0 Å². The van der Waals surface area contributed by atoms with E-state index in [-0.39, 0.29) is 30.6 Å². The molecule has 7 heteroatoms. The van der Waals surface area contributed by atoms with E-state index in [1.807, 2.05) is 0 Å². The molecule has 30 heavy (non-hydrogen) atoms. The van der Waals surface area contributed by atoms with Gasteiger partial charge >= 0.3 is 0 Å². The fraction of sp³-hybridized carbons (Fsp3) is 0.130. The number of pyridine rings is 1. The van der Waals surface area contributed by atoms with Crippen LogP contribution in [0.4, 0.5) is 8.78 Å². The second kappa shape index (κ2) is 10.2. The summed E-state index contributed by atoms with van der Waals surface area (Å²) in [6.45, 7) is 0.412. The molecule has 1 heterocycles. The van der Waals surface area contributed by atoms with Crippen molar-refractivity contribution in [1.29, 1.82) is 0 Å². The van der Waals surface area contributed by atoms with Crippen molar-refractivity contribution in [2.45, 2.75) is 0 Å². The van der Waals surface area contributed by atoms with Gasteiger partial charge in [-0.25, -0.2) is 8.78 Å². The molecule has 0 bridgehead atoms. The quantitative estimate of drug-likeness (QED) is 0.505. The van der Waals surface area contributed by atoms with Gasteiger partial charge in [0.25, 0.3) is 0 Å². The van der Waals surface area contributed by atoms with Gasteiger partial charge in [-0.1, -0.05) is 18.2 Å². The first kappa shape index (κ1) is 21.0. The molecule has 154 valence electrons. The molecule has 0 aliphatic rings. The highest BCUT2D eigenvalue weighted by Crippen LogP contribution is 2.24. The first-order chi connectivity index (χ1) is 14.5. The van der Waals surface area contributed by atoms with Gasteiger partial charge in [0.05, 0.1) is 12.7 Å². The van der Waals surface area contributed by atoms with E-state index in [1.165, 1.54) is 47.5 Å². The Morgan fingerprint density at radius 2 is 1.90 bits per heavy atom. The average Bonchev–Trinajstić information content (AvgIpc) is 2.75. The Bertz CT molecular complexity index is 1030. The van der Waals surface area contributed by atoms with Crippen molar-refractivity contribution < 1.29 is 23.0 Å². The van der Waals surface area contributed by atoms with Crippen LogP contribution in [0.15, 0.2) is 73.1 Å². The number of amides is 1. The minimum Gasteiger partial charge on any atom is -0.489 e. The zero-order valence-corrected chi connectivity index (χ0v) is 16.3. The molecule has 0 aliphatic heterocycles. The van der Waals surface area contributed by atoms with E-state index in [4.69, 9.17) is 9.47 Å². The van der Waals surface area contributed by atoms with Crippen molar-refractivity contribution in [2.24, 2.45) is 0 Å². The average molecular weight is 410 g/mol. The molecule has 0 saturated heterocycles. The second-order valence-corrected chi connectivity index (χ2v) is 6.35. The van der Waals surface area contributed by atoms with Crippen LogP contribution in [0.1, 0.15) is 5.56 Å². The van der Waals surface area contributed by atoms with E-state index >= 15 is 0 Å². The number of likely N-dealkylation sites (N-methyl/N-ethyl adjacent to an activating group) is 1. The number of halogens is 2. The largest absolute Gasteiger partial charge is 0.489 e. The highest BCUT2D eigenvalue weighted by molar-refractivity contribution is 5.91. The van der Waals surface area contributed by atoms with Crippen molar-refractivity contribution in [3.8, 4) is 17.2 Å². The first-order valence-electron chi connectivity index (χ1n) is 9.21. The normalized spacial score (nSPS) is 10.8. The molecule has 1 aromatic heterocycles. The fourth-order valence-electron chi connectivity index (χ4n) is 2.50. The number of carbonyl (C=O) groups excluding carboxylic acids is 1. The van der Waals surface area contributed by atoms with Crippen LogP contribution in [0.5, 0.6) is 17.2 Å². The standard InChI is InChI=1S/C23H20F2N2O3/c1-27(13-14-29-21-7-3-2-6-19(21)24)23(28)11-9-17-8-10-22(20(25)15-17)30-18-5-4-12-26-16-18/h2-12,15-16H,13-14H2,1H3/b11-9+. The van der Waals surface area contributed by atoms with Crippen molar-refractivity contribution in [2.75, 3.05) is 20.2 Å². The van der Waals surface area contributed by atoms with Crippen molar-refractivity contribution in [3.63, 3.8) is 0 Å². The number of ether oxygens (including phenoxy) is 2. The summed E-state index contributed by atoms with van der Waals surface area (Å²) in [6.07, 6.45) is 5.92. The summed E-state index contributed by atoms with van der Waals surface area (Å²) in [6, 6.07) is 13.8. The molecular formula is C23H20F2N2O3. The van der Waals surface area contributed by atoms with Crippen molar-refractivity contribution in [3.05, 3.63) is 90.3 Å². The van der Waals surface area contributed by atoms with Gasteiger partial charge in [-0.15, -0.1) is 0 Å². The predicted molar refractivity (Wildman–Crippen MR) is 109 cm³/mol. The minimum atomic E-state index is -0.555. The van der Waals surface area contributed by atoms with Crippen LogP contribution < -0.4 is 9.47 Å². The summed E-state index contributed by atoms with van der Waals surface area (Å²) >= 11 is 0. The molecule has 1 amide bonds. The third-order valence-electron chi connectivity index (χ3n) is 4.13. The van der Waals surface area contributed by atoms with Gasteiger partial charge < -0.3 is 14.4 Å². The van der Waals surface area contributed by atoms with E-state index in [0.29, 0.717) is 11.3 Å². The number of rotatable bonds is 8. The number of carbonyl (C=O) groups is 1. The SMILES string of the molecule is CN(CCOc1ccccc1F)C(=O)/C=C/c1ccc(Oc2cccnc2)c(F)c1. The Balaban J connectivity index is 1.52. The van der Waals surface area contributed by atoms with Crippen molar-refractivity contribution in [1.82, 2.24) is 9.88 Å². The molecule has 3 aromatic rings. The minimum absolute atomic E-state index is 0.0638. The summed E-state index contributed by atoms with van der Waals surface area (Å²) in [7, 11) is 1.60. The number of nitrogens with zero attached hydrogens (tertiary/aromatic N) is 2. The highest BCUT2D eigenvalue weighted by Gasteiger charge is 2.08. The number of hydrogen-bond donors (Lipinski definition) is 0. The van der Waals surface area contributed by atoms with E-state index in [1.54, 1.807) is 43.6 Å². The monoisotopic (exact) mass is 410 g/mol. The summed E-state index contributed by atoms with van der Waals surface area (Å²) in [4.78, 5) is 17.5.